The van der Waals surface area contributed by atoms with E-state index in [0.29, 0.717) is 11.3 Å². The number of carbonyl (C=O) groups is 1. The van der Waals surface area contributed by atoms with Gasteiger partial charge in [-0.1, -0.05) is 19.9 Å². The first-order chi connectivity index (χ1) is 8.00. The van der Waals surface area contributed by atoms with Crippen LogP contribution in [0.3, 0.4) is 0 Å². The summed E-state index contributed by atoms with van der Waals surface area (Å²) in [5.74, 6) is 2.32. The Balaban J connectivity index is 2.52. The number of primary amides is 1. The Bertz CT molecular complexity index is 391. The van der Waals surface area contributed by atoms with Gasteiger partial charge in [0.1, 0.15) is 0 Å². The molecule has 0 bridgehead atoms. The first-order valence-corrected chi connectivity index (χ1v) is 6.92. The molecular weight excluding hydrogens is 232 g/mol. The lowest BCUT2D eigenvalue weighted by Crippen LogP contribution is -2.11. The van der Waals surface area contributed by atoms with Gasteiger partial charge in [0.2, 0.25) is 5.91 Å². The van der Waals surface area contributed by atoms with Crippen molar-refractivity contribution in [3.8, 4) is 0 Å². The molecule has 0 fully saturated rings. The molecule has 0 aliphatic heterocycles. The van der Waals surface area contributed by atoms with E-state index in [0.717, 1.165) is 23.0 Å². The Morgan fingerprint density at radius 2 is 2.12 bits per heavy atom. The third-order valence-electron chi connectivity index (χ3n) is 2.53. The second-order valence-corrected chi connectivity index (χ2v) is 5.62. The summed E-state index contributed by atoms with van der Waals surface area (Å²) in [5, 5.41) is 0. The van der Waals surface area contributed by atoms with Crippen LogP contribution >= 0.6 is 11.8 Å². The molecule has 0 aliphatic rings. The van der Waals surface area contributed by atoms with Crippen LogP contribution in [0.2, 0.25) is 0 Å². The number of hydrogen-bond donors (Lipinski definition) is 2. The molecule has 0 aliphatic carbocycles. The molecule has 0 aromatic heterocycles. The molecule has 94 valence electrons. The predicted molar refractivity (Wildman–Crippen MR) is 75.0 cm³/mol. The zero-order valence-electron chi connectivity index (χ0n) is 10.4. The van der Waals surface area contributed by atoms with Crippen molar-refractivity contribution in [2.45, 2.75) is 26.0 Å². The molecule has 0 spiro atoms. The lowest BCUT2D eigenvalue weighted by molar-refractivity contribution is 0.100. The van der Waals surface area contributed by atoms with E-state index in [2.05, 4.69) is 13.8 Å². The maximum Gasteiger partial charge on any atom is 0.248 e. The summed E-state index contributed by atoms with van der Waals surface area (Å²) >= 11 is 1.87. The summed E-state index contributed by atoms with van der Waals surface area (Å²) in [5.41, 5.74) is 13.3. The number of thioether (sulfide) groups is 1. The van der Waals surface area contributed by atoms with Crippen LogP contribution in [0.1, 0.15) is 36.2 Å². The molecule has 0 saturated carbocycles. The van der Waals surface area contributed by atoms with E-state index in [-0.39, 0.29) is 0 Å². The zero-order chi connectivity index (χ0) is 12.8. The van der Waals surface area contributed by atoms with Crippen molar-refractivity contribution in [1.82, 2.24) is 0 Å². The van der Waals surface area contributed by atoms with Crippen LogP contribution in [0, 0.1) is 5.92 Å². The maximum absolute atomic E-state index is 11.0. The van der Waals surface area contributed by atoms with Crippen molar-refractivity contribution < 1.29 is 4.79 Å². The van der Waals surface area contributed by atoms with Gasteiger partial charge in [-0.05, 0) is 35.8 Å². The van der Waals surface area contributed by atoms with Gasteiger partial charge in [-0.15, -0.1) is 0 Å². The van der Waals surface area contributed by atoms with Gasteiger partial charge in [0.05, 0.1) is 0 Å². The number of hydrogen-bond acceptors (Lipinski definition) is 3. The second kappa shape index (κ2) is 6.55. The lowest BCUT2D eigenvalue weighted by atomic mass is 10.1. The summed E-state index contributed by atoms with van der Waals surface area (Å²) in [4.78, 5) is 11.0. The highest BCUT2D eigenvalue weighted by Gasteiger charge is 2.05. The Labute approximate surface area is 107 Å². The van der Waals surface area contributed by atoms with Crippen molar-refractivity contribution in [2.75, 3.05) is 11.5 Å². The highest BCUT2D eigenvalue weighted by molar-refractivity contribution is 7.98. The Kier molecular flexibility index (Phi) is 5.35. The van der Waals surface area contributed by atoms with Crippen LogP contribution in [0.5, 0.6) is 0 Å². The fourth-order valence-electron chi connectivity index (χ4n) is 1.38. The molecular formula is C13H20N2OS. The summed E-state index contributed by atoms with van der Waals surface area (Å²) in [7, 11) is 0. The average Bonchev–Trinajstić information content (AvgIpc) is 2.25. The maximum atomic E-state index is 11.0. The third-order valence-corrected chi connectivity index (χ3v) is 3.57. The van der Waals surface area contributed by atoms with Gasteiger partial charge in [-0.2, -0.15) is 11.8 Å². The average molecular weight is 252 g/mol. The molecule has 4 heteroatoms. The van der Waals surface area contributed by atoms with E-state index < -0.39 is 5.91 Å². The molecule has 0 saturated heterocycles. The lowest BCUT2D eigenvalue weighted by Gasteiger charge is -2.08. The number of nitrogens with two attached hydrogens (primary N) is 2. The molecule has 0 heterocycles. The van der Waals surface area contributed by atoms with E-state index in [1.807, 2.05) is 17.8 Å². The molecule has 4 N–H and O–H groups in total. The van der Waals surface area contributed by atoms with Gasteiger partial charge < -0.3 is 11.5 Å². The minimum atomic E-state index is -0.435. The molecule has 0 atom stereocenters. The largest absolute Gasteiger partial charge is 0.398 e. The Hall–Kier alpha value is -1.16. The summed E-state index contributed by atoms with van der Waals surface area (Å²) in [6.45, 7) is 4.44. The van der Waals surface area contributed by atoms with Crippen molar-refractivity contribution in [3.05, 3.63) is 29.3 Å². The summed E-state index contributed by atoms with van der Waals surface area (Å²) in [6, 6.07) is 5.27. The fraction of sp³-hybridized carbons (Fsp3) is 0.462. The van der Waals surface area contributed by atoms with Crippen LogP contribution < -0.4 is 11.5 Å². The topological polar surface area (TPSA) is 69.1 Å². The first kappa shape index (κ1) is 13.9. The van der Waals surface area contributed by atoms with Crippen LogP contribution in [0.4, 0.5) is 5.69 Å². The van der Waals surface area contributed by atoms with E-state index in [4.69, 9.17) is 11.5 Å². The smallest absolute Gasteiger partial charge is 0.248 e. The standard InChI is InChI=1S/C13H20N2OS/c1-9(2)5-6-17-8-11-4-3-10(13(15)16)7-12(11)14/h3-4,7,9H,5-6,8,14H2,1-2H3,(H2,15,16). The van der Waals surface area contributed by atoms with Crippen molar-refractivity contribution in [1.29, 1.82) is 0 Å². The highest BCUT2D eigenvalue weighted by Crippen LogP contribution is 2.21. The predicted octanol–water partition coefficient (Wildman–Crippen LogP) is 2.65. The summed E-state index contributed by atoms with van der Waals surface area (Å²) in [6.07, 6.45) is 1.21. The number of benzene rings is 1. The van der Waals surface area contributed by atoms with Crippen LogP contribution in [-0.4, -0.2) is 11.7 Å². The molecule has 0 radical (unpaired) electrons. The molecule has 1 amide bonds. The van der Waals surface area contributed by atoms with Crippen molar-refractivity contribution in [3.63, 3.8) is 0 Å². The monoisotopic (exact) mass is 252 g/mol. The van der Waals surface area contributed by atoms with Gasteiger partial charge in [-0.25, -0.2) is 0 Å². The van der Waals surface area contributed by atoms with Crippen LogP contribution in [-0.2, 0) is 5.75 Å². The molecule has 0 unspecified atom stereocenters. The number of amides is 1. The summed E-state index contributed by atoms with van der Waals surface area (Å²) < 4.78 is 0. The van der Waals surface area contributed by atoms with Crippen molar-refractivity contribution in [2.24, 2.45) is 11.7 Å². The van der Waals surface area contributed by atoms with Gasteiger partial charge in [-0.3, -0.25) is 4.79 Å². The van der Waals surface area contributed by atoms with Gasteiger partial charge in [0.25, 0.3) is 0 Å². The van der Waals surface area contributed by atoms with E-state index in [1.165, 1.54) is 6.42 Å². The number of nitrogen functional groups attached to an aromatic ring is 1. The third kappa shape index (κ3) is 4.69. The van der Waals surface area contributed by atoms with Gasteiger partial charge >= 0.3 is 0 Å². The number of anilines is 1. The Morgan fingerprint density at radius 3 is 2.65 bits per heavy atom. The van der Waals surface area contributed by atoms with Crippen LogP contribution in [0.25, 0.3) is 0 Å². The second-order valence-electron chi connectivity index (χ2n) is 4.51. The zero-order valence-corrected chi connectivity index (χ0v) is 11.2. The van der Waals surface area contributed by atoms with Crippen molar-refractivity contribution >= 4 is 23.4 Å². The normalized spacial score (nSPS) is 10.8. The Morgan fingerprint density at radius 1 is 1.41 bits per heavy atom. The minimum absolute atomic E-state index is 0.435. The number of rotatable bonds is 6. The molecule has 17 heavy (non-hydrogen) atoms. The quantitative estimate of drug-likeness (QED) is 0.604. The highest BCUT2D eigenvalue weighted by atomic mass is 32.2. The van der Waals surface area contributed by atoms with Gasteiger partial charge in [0, 0.05) is 17.0 Å². The molecule has 3 nitrogen and oxygen atoms in total. The van der Waals surface area contributed by atoms with Crippen LogP contribution in [0.15, 0.2) is 18.2 Å². The minimum Gasteiger partial charge on any atom is -0.398 e. The molecule has 1 aromatic rings. The van der Waals surface area contributed by atoms with E-state index in [9.17, 15) is 4.79 Å². The fourth-order valence-corrected chi connectivity index (χ4v) is 2.65. The first-order valence-electron chi connectivity index (χ1n) is 5.76. The SMILES string of the molecule is CC(C)CCSCc1ccc(C(N)=O)cc1N. The molecule has 1 rings (SSSR count). The van der Waals surface area contributed by atoms with E-state index in [1.54, 1.807) is 12.1 Å². The number of carbonyl (C=O) groups excluding carboxylic acids is 1. The van der Waals surface area contributed by atoms with E-state index >= 15 is 0 Å². The molecule has 1 aromatic carbocycles. The van der Waals surface area contributed by atoms with Gasteiger partial charge in [0.15, 0.2) is 0 Å².